The van der Waals surface area contributed by atoms with Crippen molar-refractivity contribution in [1.29, 1.82) is 0 Å². The number of para-hydroxylation sites is 2. The molecule has 0 aliphatic rings. The van der Waals surface area contributed by atoms with Gasteiger partial charge in [-0.3, -0.25) is 0 Å². The van der Waals surface area contributed by atoms with Gasteiger partial charge in [-0.2, -0.15) is 0 Å². The second-order valence-corrected chi connectivity index (χ2v) is 5.24. The Morgan fingerprint density at radius 2 is 1.93 bits per heavy atom. The molecule has 0 aliphatic carbocycles. The smallest absolute Gasteiger partial charge is 0.0958 e. The number of imidazole rings is 1. The van der Waals surface area contributed by atoms with Gasteiger partial charge in [-0.25, -0.2) is 4.98 Å². The monoisotopic (exact) mass is 202 g/mol. The van der Waals surface area contributed by atoms with E-state index in [1.165, 1.54) is 11.9 Å². The zero-order valence-corrected chi connectivity index (χ0v) is 9.70. The molecular weight excluding hydrogens is 184 g/mol. The van der Waals surface area contributed by atoms with Crippen LogP contribution in [0.1, 0.15) is 27.2 Å². The second kappa shape index (κ2) is 3.69. The first-order valence-corrected chi connectivity index (χ1v) is 5.46. The van der Waals surface area contributed by atoms with E-state index in [4.69, 9.17) is 0 Å². The Morgan fingerprint density at radius 1 is 1.20 bits per heavy atom. The summed E-state index contributed by atoms with van der Waals surface area (Å²) in [4.78, 5) is 4.38. The average molecular weight is 202 g/mol. The summed E-state index contributed by atoms with van der Waals surface area (Å²) in [6.45, 7) is 7.86. The zero-order chi connectivity index (χ0) is 10.9. The quantitative estimate of drug-likeness (QED) is 0.729. The van der Waals surface area contributed by atoms with Gasteiger partial charge in [-0.05, 0) is 24.0 Å². The van der Waals surface area contributed by atoms with Crippen LogP contribution in [-0.2, 0) is 6.54 Å². The number of rotatable bonds is 2. The number of aromatic nitrogens is 2. The Morgan fingerprint density at radius 3 is 2.67 bits per heavy atom. The van der Waals surface area contributed by atoms with Crippen molar-refractivity contribution in [3.63, 3.8) is 0 Å². The van der Waals surface area contributed by atoms with E-state index in [2.05, 4.69) is 48.5 Å². The summed E-state index contributed by atoms with van der Waals surface area (Å²) in [6.07, 6.45) is 3.11. The van der Waals surface area contributed by atoms with Crippen molar-refractivity contribution >= 4 is 11.0 Å². The minimum Gasteiger partial charge on any atom is -0.331 e. The van der Waals surface area contributed by atoms with Crippen molar-refractivity contribution in [3.8, 4) is 0 Å². The SMILES string of the molecule is CC(C)(C)CCn1cnc2ccccc21. The normalized spacial score (nSPS) is 12.2. The Hall–Kier alpha value is -1.31. The summed E-state index contributed by atoms with van der Waals surface area (Å²) in [5.41, 5.74) is 2.71. The van der Waals surface area contributed by atoms with Crippen molar-refractivity contribution in [3.05, 3.63) is 30.6 Å². The van der Waals surface area contributed by atoms with E-state index < -0.39 is 0 Å². The summed E-state index contributed by atoms with van der Waals surface area (Å²) in [5.74, 6) is 0. The minimum absolute atomic E-state index is 0.380. The maximum absolute atomic E-state index is 4.38. The van der Waals surface area contributed by atoms with Gasteiger partial charge in [0.25, 0.3) is 0 Å². The van der Waals surface area contributed by atoms with E-state index in [-0.39, 0.29) is 0 Å². The number of aryl methyl sites for hydroxylation is 1. The Bertz CT molecular complexity index is 449. The molecule has 2 nitrogen and oxygen atoms in total. The van der Waals surface area contributed by atoms with Gasteiger partial charge < -0.3 is 4.57 Å². The average Bonchev–Trinajstić information content (AvgIpc) is 2.57. The van der Waals surface area contributed by atoms with E-state index >= 15 is 0 Å². The molecule has 1 heterocycles. The molecule has 1 aromatic heterocycles. The molecule has 0 spiro atoms. The number of fused-ring (bicyclic) bond motifs is 1. The first-order chi connectivity index (χ1) is 7.06. The maximum atomic E-state index is 4.38. The molecule has 80 valence electrons. The van der Waals surface area contributed by atoms with Crippen molar-refractivity contribution in [2.75, 3.05) is 0 Å². The van der Waals surface area contributed by atoms with E-state index in [1.54, 1.807) is 0 Å². The van der Waals surface area contributed by atoms with Crippen molar-refractivity contribution in [2.24, 2.45) is 5.41 Å². The first-order valence-electron chi connectivity index (χ1n) is 5.46. The topological polar surface area (TPSA) is 17.8 Å². The van der Waals surface area contributed by atoms with E-state index in [9.17, 15) is 0 Å². The number of benzene rings is 1. The summed E-state index contributed by atoms with van der Waals surface area (Å²) in [5, 5.41) is 0. The lowest BCUT2D eigenvalue weighted by molar-refractivity contribution is 0.352. The molecule has 0 saturated carbocycles. The lowest BCUT2D eigenvalue weighted by Gasteiger charge is -2.18. The Labute approximate surface area is 90.9 Å². The van der Waals surface area contributed by atoms with Crippen LogP contribution in [0.2, 0.25) is 0 Å². The van der Waals surface area contributed by atoms with Crippen molar-refractivity contribution in [2.45, 2.75) is 33.7 Å². The standard InChI is InChI=1S/C13H18N2/c1-13(2,3)8-9-15-10-14-11-6-4-5-7-12(11)15/h4-7,10H,8-9H2,1-3H3. The molecule has 2 aromatic rings. The minimum atomic E-state index is 0.380. The highest BCUT2D eigenvalue weighted by molar-refractivity contribution is 5.74. The molecule has 0 bridgehead atoms. The van der Waals surface area contributed by atoms with Gasteiger partial charge in [0.15, 0.2) is 0 Å². The molecule has 2 rings (SSSR count). The zero-order valence-electron chi connectivity index (χ0n) is 9.70. The van der Waals surface area contributed by atoms with Crippen LogP contribution in [0.15, 0.2) is 30.6 Å². The van der Waals surface area contributed by atoms with E-state index in [0.29, 0.717) is 5.41 Å². The van der Waals surface area contributed by atoms with Crippen LogP contribution in [0.3, 0.4) is 0 Å². The fourth-order valence-corrected chi connectivity index (χ4v) is 1.64. The van der Waals surface area contributed by atoms with Gasteiger partial charge in [0.2, 0.25) is 0 Å². The molecule has 0 atom stereocenters. The summed E-state index contributed by atoms with van der Waals surface area (Å²) >= 11 is 0. The third-order valence-electron chi connectivity index (χ3n) is 2.63. The fraction of sp³-hybridized carbons (Fsp3) is 0.462. The molecule has 2 heteroatoms. The molecule has 0 saturated heterocycles. The lowest BCUT2D eigenvalue weighted by Crippen LogP contribution is -2.09. The predicted molar refractivity (Wildman–Crippen MR) is 63.8 cm³/mol. The lowest BCUT2D eigenvalue weighted by atomic mass is 9.92. The molecule has 0 fully saturated rings. The maximum Gasteiger partial charge on any atom is 0.0958 e. The summed E-state index contributed by atoms with van der Waals surface area (Å²) in [6, 6.07) is 8.29. The van der Waals surface area contributed by atoms with Crippen molar-refractivity contribution in [1.82, 2.24) is 9.55 Å². The van der Waals surface area contributed by atoms with Gasteiger partial charge in [0.05, 0.1) is 17.4 Å². The van der Waals surface area contributed by atoms with Crippen LogP contribution in [0.5, 0.6) is 0 Å². The second-order valence-electron chi connectivity index (χ2n) is 5.24. The summed E-state index contributed by atoms with van der Waals surface area (Å²) < 4.78 is 2.24. The van der Waals surface area contributed by atoms with Crippen LogP contribution in [0.4, 0.5) is 0 Å². The Kier molecular flexibility index (Phi) is 2.51. The van der Waals surface area contributed by atoms with Gasteiger partial charge in [-0.1, -0.05) is 32.9 Å². The van der Waals surface area contributed by atoms with Crippen LogP contribution < -0.4 is 0 Å². The highest BCUT2D eigenvalue weighted by atomic mass is 15.0. The van der Waals surface area contributed by atoms with Crippen LogP contribution in [0.25, 0.3) is 11.0 Å². The number of nitrogens with zero attached hydrogens (tertiary/aromatic N) is 2. The number of hydrogen-bond acceptors (Lipinski definition) is 1. The first kappa shape index (κ1) is 10.2. The largest absolute Gasteiger partial charge is 0.331 e. The predicted octanol–water partition coefficient (Wildman–Crippen LogP) is 3.47. The molecular formula is C13H18N2. The highest BCUT2D eigenvalue weighted by Crippen LogP contribution is 2.21. The molecule has 1 aromatic carbocycles. The van der Waals surface area contributed by atoms with E-state index in [1.807, 2.05) is 12.4 Å². The molecule has 0 N–H and O–H groups in total. The molecule has 0 radical (unpaired) electrons. The molecule has 15 heavy (non-hydrogen) atoms. The van der Waals surface area contributed by atoms with Crippen LogP contribution >= 0.6 is 0 Å². The van der Waals surface area contributed by atoms with E-state index in [0.717, 1.165) is 12.1 Å². The molecule has 0 aliphatic heterocycles. The third-order valence-corrected chi connectivity index (χ3v) is 2.63. The molecule has 0 unspecified atom stereocenters. The van der Waals surface area contributed by atoms with Crippen LogP contribution in [-0.4, -0.2) is 9.55 Å². The number of hydrogen-bond donors (Lipinski definition) is 0. The van der Waals surface area contributed by atoms with Gasteiger partial charge in [0, 0.05) is 6.54 Å². The third kappa shape index (κ3) is 2.38. The van der Waals surface area contributed by atoms with Gasteiger partial charge in [0.1, 0.15) is 0 Å². The highest BCUT2D eigenvalue weighted by Gasteiger charge is 2.10. The van der Waals surface area contributed by atoms with Crippen molar-refractivity contribution < 1.29 is 0 Å². The van der Waals surface area contributed by atoms with Crippen LogP contribution in [0, 0.1) is 5.41 Å². The fourth-order valence-electron chi connectivity index (χ4n) is 1.64. The molecule has 0 amide bonds. The summed E-state index contributed by atoms with van der Waals surface area (Å²) in [7, 11) is 0. The van der Waals surface area contributed by atoms with Gasteiger partial charge >= 0.3 is 0 Å². The van der Waals surface area contributed by atoms with Gasteiger partial charge in [-0.15, -0.1) is 0 Å². The Balaban J connectivity index is 2.22.